The Morgan fingerprint density at radius 1 is 1.33 bits per heavy atom. The van der Waals surface area contributed by atoms with Crippen molar-refractivity contribution in [3.8, 4) is 0 Å². The minimum atomic E-state index is -3.36. The third kappa shape index (κ3) is 2.81. The molecule has 5 nitrogen and oxygen atoms in total. The van der Waals surface area contributed by atoms with Gasteiger partial charge < -0.3 is 11.1 Å². The summed E-state index contributed by atoms with van der Waals surface area (Å²) in [4.78, 5) is 12.0. The number of carbonyl (C=O) groups excluding carboxylic acids is 1. The minimum absolute atomic E-state index is 0.0706. The SMILES string of the molecule is CS(=O)(=O)c1cc(N)cc(C(=O)NC2CCC2)c1. The average molecular weight is 268 g/mol. The molecule has 1 aromatic rings. The van der Waals surface area contributed by atoms with Crippen LogP contribution in [0.4, 0.5) is 5.69 Å². The largest absolute Gasteiger partial charge is 0.399 e. The highest BCUT2D eigenvalue weighted by atomic mass is 32.2. The molecule has 0 atom stereocenters. The molecule has 0 aromatic heterocycles. The van der Waals surface area contributed by atoms with Crippen LogP contribution in [0.2, 0.25) is 0 Å². The number of carbonyl (C=O) groups is 1. The van der Waals surface area contributed by atoms with E-state index in [1.165, 1.54) is 18.2 Å². The maximum absolute atomic E-state index is 11.9. The maximum Gasteiger partial charge on any atom is 0.251 e. The Hall–Kier alpha value is -1.56. The highest BCUT2D eigenvalue weighted by Crippen LogP contribution is 2.20. The molecule has 1 amide bonds. The van der Waals surface area contributed by atoms with Crippen molar-refractivity contribution >= 4 is 21.4 Å². The number of anilines is 1. The normalized spacial score (nSPS) is 16.1. The van der Waals surface area contributed by atoms with E-state index in [1.54, 1.807) is 0 Å². The fraction of sp³-hybridized carbons (Fsp3) is 0.417. The summed E-state index contributed by atoms with van der Waals surface area (Å²) < 4.78 is 22.9. The molecule has 2 rings (SSSR count). The molecule has 1 saturated carbocycles. The fourth-order valence-electron chi connectivity index (χ4n) is 1.79. The third-order valence-electron chi connectivity index (χ3n) is 3.06. The van der Waals surface area contributed by atoms with Crippen LogP contribution in [-0.2, 0) is 9.84 Å². The first-order valence-corrected chi connectivity index (χ1v) is 7.67. The van der Waals surface area contributed by atoms with Crippen LogP contribution < -0.4 is 11.1 Å². The standard InChI is InChI=1S/C12H16N2O3S/c1-18(16,17)11-6-8(5-9(13)7-11)12(15)14-10-3-2-4-10/h5-7,10H,2-4,13H2,1H3,(H,14,15). The predicted octanol–water partition coefficient (Wildman–Crippen LogP) is 0.955. The first-order valence-electron chi connectivity index (χ1n) is 5.78. The van der Waals surface area contributed by atoms with Gasteiger partial charge in [0.2, 0.25) is 0 Å². The lowest BCUT2D eigenvalue weighted by Crippen LogP contribution is -2.39. The van der Waals surface area contributed by atoms with Gasteiger partial charge in [0, 0.05) is 23.5 Å². The molecule has 1 fully saturated rings. The van der Waals surface area contributed by atoms with Gasteiger partial charge in [-0.05, 0) is 37.5 Å². The first kappa shape index (κ1) is 12.9. The van der Waals surface area contributed by atoms with Crippen molar-refractivity contribution in [1.29, 1.82) is 0 Å². The number of amides is 1. The van der Waals surface area contributed by atoms with E-state index in [4.69, 9.17) is 5.73 Å². The van der Waals surface area contributed by atoms with Crippen LogP contribution in [-0.4, -0.2) is 26.6 Å². The maximum atomic E-state index is 11.9. The van der Waals surface area contributed by atoms with E-state index in [9.17, 15) is 13.2 Å². The minimum Gasteiger partial charge on any atom is -0.399 e. The van der Waals surface area contributed by atoms with Crippen LogP contribution in [0.3, 0.4) is 0 Å². The number of nitrogens with one attached hydrogen (secondary N) is 1. The number of sulfone groups is 1. The van der Waals surface area contributed by atoms with Crippen LogP contribution in [0, 0.1) is 0 Å². The molecule has 98 valence electrons. The smallest absolute Gasteiger partial charge is 0.251 e. The monoisotopic (exact) mass is 268 g/mol. The molecule has 0 saturated heterocycles. The lowest BCUT2D eigenvalue weighted by Gasteiger charge is -2.26. The number of nitrogens with two attached hydrogens (primary N) is 1. The molecule has 1 aromatic carbocycles. The Kier molecular flexibility index (Phi) is 3.30. The Balaban J connectivity index is 2.27. The van der Waals surface area contributed by atoms with E-state index in [0.29, 0.717) is 5.56 Å². The summed E-state index contributed by atoms with van der Waals surface area (Å²) in [5, 5.41) is 2.85. The summed E-state index contributed by atoms with van der Waals surface area (Å²) in [7, 11) is -3.36. The van der Waals surface area contributed by atoms with Gasteiger partial charge in [-0.1, -0.05) is 0 Å². The second-order valence-electron chi connectivity index (χ2n) is 4.66. The summed E-state index contributed by atoms with van der Waals surface area (Å²) >= 11 is 0. The number of rotatable bonds is 3. The topological polar surface area (TPSA) is 89.3 Å². The molecule has 1 aliphatic carbocycles. The fourth-order valence-corrected chi connectivity index (χ4v) is 2.48. The highest BCUT2D eigenvalue weighted by Gasteiger charge is 2.21. The lowest BCUT2D eigenvalue weighted by atomic mass is 9.93. The zero-order chi connectivity index (χ0) is 13.3. The van der Waals surface area contributed by atoms with Crippen LogP contribution >= 0.6 is 0 Å². The molecule has 6 heteroatoms. The number of benzene rings is 1. The molecule has 0 aliphatic heterocycles. The van der Waals surface area contributed by atoms with Crippen LogP contribution in [0.5, 0.6) is 0 Å². The molecule has 18 heavy (non-hydrogen) atoms. The van der Waals surface area contributed by atoms with Gasteiger partial charge in [0.1, 0.15) is 0 Å². The van der Waals surface area contributed by atoms with E-state index < -0.39 is 9.84 Å². The van der Waals surface area contributed by atoms with Crippen molar-refractivity contribution < 1.29 is 13.2 Å². The van der Waals surface area contributed by atoms with Crippen molar-refractivity contribution in [1.82, 2.24) is 5.32 Å². The Morgan fingerprint density at radius 2 is 2.00 bits per heavy atom. The van der Waals surface area contributed by atoms with Gasteiger partial charge in [-0.15, -0.1) is 0 Å². The second-order valence-corrected chi connectivity index (χ2v) is 6.68. The molecular formula is C12H16N2O3S. The van der Waals surface area contributed by atoms with Crippen molar-refractivity contribution in [2.45, 2.75) is 30.2 Å². The molecule has 0 heterocycles. The summed E-state index contributed by atoms with van der Waals surface area (Å²) in [6, 6.07) is 4.42. The number of hydrogen-bond acceptors (Lipinski definition) is 4. The van der Waals surface area contributed by atoms with Gasteiger partial charge in [0.15, 0.2) is 9.84 Å². The quantitative estimate of drug-likeness (QED) is 0.799. The van der Waals surface area contributed by atoms with Gasteiger partial charge in [-0.2, -0.15) is 0 Å². The van der Waals surface area contributed by atoms with Crippen molar-refractivity contribution in [3.05, 3.63) is 23.8 Å². The Bertz CT molecular complexity index is 577. The molecule has 0 unspecified atom stereocenters. The van der Waals surface area contributed by atoms with E-state index >= 15 is 0 Å². The lowest BCUT2D eigenvalue weighted by molar-refractivity contribution is 0.0917. The summed E-state index contributed by atoms with van der Waals surface area (Å²) in [5.74, 6) is -0.267. The van der Waals surface area contributed by atoms with E-state index in [-0.39, 0.29) is 22.5 Å². The van der Waals surface area contributed by atoms with Gasteiger partial charge in [-0.25, -0.2) is 8.42 Å². The summed E-state index contributed by atoms with van der Waals surface area (Å²) in [6.07, 6.45) is 4.17. The van der Waals surface area contributed by atoms with Gasteiger partial charge >= 0.3 is 0 Å². The summed E-state index contributed by atoms with van der Waals surface area (Å²) in [5.41, 5.74) is 6.20. The molecule has 0 radical (unpaired) electrons. The van der Waals surface area contributed by atoms with E-state index in [2.05, 4.69) is 5.32 Å². The van der Waals surface area contributed by atoms with Crippen LogP contribution in [0.1, 0.15) is 29.6 Å². The summed E-state index contributed by atoms with van der Waals surface area (Å²) in [6.45, 7) is 0. The average Bonchev–Trinajstić information content (AvgIpc) is 2.21. The number of nitrogen functional groups attached to an aromatic ring is 1. The van der Waals surface area contributed by atoms with Gasteiger partial charge in [-0.3, -0.25) is 4.79 Å². The molecular weight excluding hydrogens is 252 g/mol. The number of hydrogen-bond donors (Lipinski definition) is 2. The van der Waals surface area contributed by atoms with E-state index in [0.717, 1.165) is 25.5 Å². The molecule has 0 spiro atoms. The molecule has 3 N–H and O–H groups in total. The van der Waals surface area contributed by atoms with Crippen molar-refractivity contribution in [2.24, 2.45) is 0 Å². The van der Waals surface area contributed by atoms with Crippen molar-refractivity contribution in [2.75, 3.05) is 12.0 Å². The molecule has 0 bridgehead atoms. The third-order valence-corrected chi connectivity index (χ3v) is 4.15. The second kappa shape index (κ2) is 4.61. The van der Waals surface area contributed by atoms with Crippen LogP contribution in [0.15, 0.2) is 23.1 Å². The van der Waals surface area contributed by atoms with Gasteiger partial charge in [0.05, 0.1) is 4.90 Å². The first-order chi connectivity index (χ1) is 8.36. The molecule has 1 aliphatic rings. The van der Waals surface area contributed by atoms with Gasteiger partial charge in [0.25, 0.3) is 5.91 Å². The highest BCUT2D eigenvalue weighted by molar-refractivity contribution is 7.90. The van der Waals surface area contributed by atoms with Crippen LogP contribution in [0.25, 0.3) is 0 Å². The Labute approximate surface area is 106 Å². The predicted molar refractivity (Wildman–Crippen MR) is 69.1 cm³/mol. The zero-order valence-electron chi connectivity index (χ0n) is 10.1. The van der Waals surface area contributed by atoms with E-state index in [1.807, 2.05) is 0 Å². The van der Waals surface area contributed by atoms with Crippen molar-refractivity contribution in [3.63, 3.8) is 0 Å². The Morgan fingerprint density at radius 3 is 2.50 bits per heavy atom. The zero-order valence-corrected chi connectivity index (χ0v) is 11.0.